The zero-order chi connectivity index (χ0) is 65.5. The fourth-order valence-electron chi connectivity index (χ4n) is 10.8. The molecule has 1 aliphatic rings. The zero-order valence-corrected chi connectivity index (χ0v) is 50.2. The van der Waals surface area contributed by atoms with Crippen LogP contribution < -0.4 is 31.7 Å². The molecule has 7 heterocycles. The molecule has 468 valence electrons. The molecule has 12 N–H and O–H groups in total. The molecule has 0 bridgehead atoms. The molecular weight excluding hydrogens is 1210 g/mol. The van der Waals surface area contributed by atoms with Gasteiger partial charge in [0, 0.05) is 90.7 Å². The quantitative estimate of drug-likeness (QED) is 0.0481. The fourth-order valence-corrected chi connectivity index (χ4v) is 10.8. The van der Waals surface area contributed by atoms with Crippen LogP contribution in [0.3, 0.4) is 0 Å². The van der Waals surface area contributed by atoms with Gasteiger partial charge in [-0.1, -0.05) is 54.6 Å². The van der Waals surface area contributed by atoms with Gasteiger partial charge in [0.25, 0.3) is 5.91 Å². The van der Waals surface area contributed by atoms with Crippen molar-refractivity contribution in [3.8, 4) is 73.6 Å². The number of nitrogens with one attached hydrogen (secondary N) is 8. The van der Waals surface area contributed by atoms with Crippen molar-refractivity contribution in [1.29, 1.82) is 0 Å². The highest BCUT2D eigenvalue weighted by molar-refractivity contribution is 6.20. The lowest BCUT2D eigenvalue weighted by Crippen LogP contribution is -2.30. The van der Waals surface area contributed by atoms with Crippen LogP contribution in [0.25, 0.3) is 111 Å². The van der Waals surface area contributed by atoms with Crippen LogP contribution in [0.15, 0.2) is 213 Å². The molecule has 9 aromatic carbocycles. The fraction of sp³-hybridized carbons (Fsp3) is 0.0429. The van der Waals surface area contributed by atoms with Gasteiger partial charge in [-0.2, -0.15) is 25.5 Å². The van der Waals surface area contributed by atoms with E-state index >= 15 is 0 Å². The Bertz CT molecular complexity index is 5280. The van der Waals surface area contributed by atoms with E-state index in [-0.39, 0.29) is 24.0 Å². The van der Waals surface area contributed by atoms with E-state index in [9.17, 15) is 28.0 Å². The van der Waals surface area contributed by atoms with E-state index in [4.69, 9.17) is 16.2 Å². The van der Waals surface area contributed by atoms with Crippen molar-refractivity contribution in [3.63, 3.8) is 0 Å². The lowest BCUT2D eigenvalue weighted by molar-refractivity contribution is -0.115. The minimum atomic E-state index is -0.455. The molecule has 23 nitrogen and oxygen atoms in total. The number of methoxy groups -OCH3 is 1. The van der Waals surface area contributed by atoms with E-state index in [0.29, 0.717) is 46.1 Å². The Morgan fingerprint density at radius 3 is 1.66 bits per heavy atom. The third-order valence-electron chi connectivity index (χ3n) is 15.5. The van der Waals surface area contributed by atoms with Gasteiger partial charge in [-0.05, 0) is 145 Å². The van der Waals surface area contributed by atoms with Crippen LogP contribution in [-0.4, -0.2) is 103 Å². The number of amides is 5. The summed E-state index contributed by atoms with van der Waals surface area (Å²) in [4.78, 5) is 59.1. The van der Waals surface area contributed by atoms with Gasteiger partial charge in [0.2, 0.25) is 11.8 Å². The molecule has 16 rings (SSSR count). The number of halogens is 2. The largest absolute Gasteiger partial charge is 0.494 e. The molecule has 0 radical (unpaired) electrons. The first-order chi connectivity index (χ1) is 46.3. The average Bonchev–Trinajstić information content (AvgIpc) is 1.74. The third-order valence-corrected chi connectivity index (χ3v) is 15.5. The van der Waals surface area contributed by atoms with Crippen LogP contribution in [0.1, 0.15) is 26.3 Å². The van der Waals surface area contributed by atoms with Gasteiger partial charge in [-0.15, -0.1) is 0 Å². The highest BCUT2D eigenvalue weighted by atomic mass is 19.1. The van der Waals surface area contributed by atoms with Crippen molar-refractivity contribution < 1.29 is 32.7 Å². The summed E-state index contributed by atoms with van der Waals surface area (Å²) in [6, 6.07) is 58.0. The summed E-state index contributed by atoms with van der Waals surface area (Å²) in [5.74, 6) is -0.286. The first-order valence-electron chi connectivity index (χ1n) is 29.4. The molecule has 1 fully saturated rings. The maximum absolute atomic E-state index is 14.0. The maximum atomic E-state index is 14.0. The number of para-hydroxylation sites is 1. The van der Waals surface area contributed by atoms with Crippen LogP contribution >= 0.6 is 0 Å². The van der Waals surface area contributed by atoms with Crippen molar-refractivity contribution in [2.75, 3.05) is 23.9 Å². The molecule has 0 unspecified atom stereocenters. The summed E-state index contributed by atoms with van der Waals surface area (Å²) < 4.78 is 32.0. The second kappa shape index (κ2) is 26.6. The Kier molecular flexibility index (Phi) is 16.9. The molecule has 25 heteroatoms. The van der Waals surface area contributed by atoms with Crippen molar-refractivity contribution in [3.05, 3.63) is 241 Å². The highest BCUT2D eigenvalue weighted by Crippen LogP contribution is 2.35. The predicted octanol–water partition coefficient (Wildman–Crippen LogP) is 12.2. The van der Waals surface area contributed by atoms with E-state index in [2.05, 4.69) is 88.7 Å². The summed E-state index contributed by atoms with van der Waals surface area (Å²) >= 11 is 0. The Labute approximate surface area is 537 Å². The molecule has 6 aromatic heterocycles. The second-order valence-electron chi connectivity index (χ2n) is 21.5. The molecule has 1 saturated heterocycles. The number of hydrogen-bond donors (Lipinski definition) is 10. The van der Waals surface area contributed by atoms with E-state index in [1.54, 1.807) is 79.1 Å². The number of carbonyl (C=O) groups excluding carboxylic acids is 4. The molecule has 1 aliphatic heterocycles. The molecular formula is C70H54F2N18O5. The van der Waals surface area contributed by atoms with Crippen LogP contribution in [0.2, 0.25) is 0 Å². The van der Waals surface area contributed by atoms with Gasteiger partial charge in [-0.3, -0.25) is 39.9 Å². The topological polar surface area (TPSA) is 342 Å². The van der Waals surface area contributed by atoms with Gasteiger partial charge in [-0.25, -0.2) is 28.4 Å². The summed E-state index contributed by atoms with van der Waals surface area (Å²) in [5.41, 5.74) is 25.8. The first-order valence-corrected chi connectivity index (χ1v) is 29.4. The standard InChI is InChI=1S/C21H18N4O.C17H13N5O.C16H12FN5O.C16H11FN4O2/c22-21(26)16-9-10-19-18(12-16)20(25-24-19)15-6-4-5-14(11-15)13-23-17-7-2-1-3-8-17;18-16(23)11-4-5-14-13(9-11)15(22-21-14)10-2-1-3-12(8-10)17-19-6-7-20-17;1-23-14-5-3-9(7-12(14)17)15-11-6-10(16-18-8-19-22-16)2-4-13(11)20-21-15;17-10-3-1-9(2-4-10)15-12-7-11(5-6-13(12)19-20-15)21-14(22)8-18-16(21)23/h1-12,23H,13H2,(H2,22,26)(H,24,25);1-9H,(H2,18,23)(H,19,20)(H,21,22);2-8H,1H3,(H,20,21)(H,18,19,22);1-7H,8H2,(H,18,23)(H,19,20). The van der Waals surface area contributed by atoms with Gasteiger partial charge in [0.15, 0.2) is 17.4 Å². The number of benzene rings is 9. The predicted molar refractivity (Wildman–Crippen MR) is 357 cm³/mol. The first kappa shape index (κ1) is 60.5. The van der Waals surface area contributed by atoms with Crippen LogP contribution in [0, 0.1) is 11.6 Å². The van der Waals surface area contributed by atoms with E-state index in [1.165, 1.54) is 31.6 Å². The average molecular weight is 1270 g/mol. The molecule has 0 spiro atoms. The van der Waals surface area contributed by atoms with Crippen molar-refractivity contribution in [1.82, 2.24) is 71.3 Å². The normalized spacial score (nSPS) is 11.8. The number of anilines is 2. The zero-order valence-electron chi connectivity index (χ0n) is 50.2. The number of H-pyrrole nitrogens is 6. The smallest absolute Gasteiger partial charge is 0.329 e. The minimum absolute atomic E-state index is 0.00687. The number of hydrogen-bond acceptors (Lipinski definition) is 13. The van der Waals surface area contributed by atoms with Gasteiger partial charge >= 0.3 is 6.03 Å². The number of imide groups is 1. The lowest BCUT2D eigenvalue weighted by Gasteiger charge is -2.12. The summed E-state index contributed by atoms with van der Waals surface area (Å²) in [5, 5.41) is 45.2. The number of aromatic nitrogens is 13. The maximum Gasteiger partial charge on any atom is 0.329 e. The van der Waals surface area contributed by atoms with Gasteiger partial charge < -0.3 is 31.8 Å². The minimum Gasteiger partial charge on any atom is -0.494 e. The number of aromatic amines is 6. The van der Waals surface area contributed by atoms with Crippen molar-refractivity contribution >= 4 is 78.7 Å². The van der Waals surface area contributed by atoms with Crippen molar-refractivity contribution in [2.45, 2.75) is 6.54 Å². The number of carbonyl (C=O) groups is 4. The summed E-state index contributed by atoms with van der Waals surface area (Å²) in [6.45, 7) is 0.708. The second-order valence-corrected chi connectivity index (χ2v) is 21.5. The molecule has 95 heavy (non-hydrogen) atoms. The van der Waals surface area contributed by atoms with E-state index in [0.717, 1.165) is 105 Å². The highest BCUT2D eigenvalue weighted by Gasteiger charge is 2.30. The number of ether oxygens (including phenoxy) is 1. The van der Waals surface area contributed by atoms with Crippen LogP contribution in [0.4, 0.5) is 25.0 Å². The van der Waals surface area contributed by atoms with Crippen molar-refractivity contribution in [2.24, 2.45) is 11.5 Å². The third kappa shape index (κ3) is 13.0. The molecule has 0 aliphatic carbocycles. The number of imidazole rings is 1. The Morgan fingerprint density at radius 2 is 1.08 bits per heavy atom. The molecule has 0 saturated carbocycles. The summed E-state index contributed by atoms with van der Waals surface area (Å²) in [7, 11) is 1.44. The molecule has 0 atom stereocenters. The lowest BCUT2D eigenvalue weighted by atomic mass is 10.0. The number of urea groups is 1. The Hall–Kier alpha value is -13.5. The molecule has 5 amide bonds. The van der Waals surface area contributed by atoms with E-state index in [1.807, 2.05) is 97.1 Å². The van der Waals surface area contributed by atoms with Gasteiger partial charge in [0.05, 0.1) is 58.5 Å². The Balaban J connectivity index is 0.000000115. The number of primary amides is 2. The van der Waals surface area contributed by atoms with E-state index < -0.39 is 23.7 Å². The number of nitrogens with zero attached hydrogens (tertiary/aromatic N) is 8. The Morgan fingerprint density at radius 1 is 0.537 bits per heavy atom. The van der Waals surface area contributed by atoms with Crippen LogP contribution in [-0.2, 0) is 11.3 Å². The monoisotopic (exact) mass is 1260 g/mol. The number of fused-ring (bicyclic) bond motifs is 4. The summed E-state index contributed by atoms with van der Waals surface area (Å²) in [6.07, 6.45) is 4.95. The van der Waals surface area contributed by atoms with Gasteiger partial charge in [0.1, 0.15) is 23.7 Å². The number of nitrogens with two attached hydrogens (primary N) is 2. The van der Waals surface area contributed by atoms with Crippen LogP contribution in [0.5, 0.6) is 5.75 Å². The SMILES string of the molecule is COc1ccc(-c2n[nH]c3ccc(-c4ncn[nH]4)cc23)cc1F.NC(=O)c1ccc2[nH]nc(-c3cccc(-c4ncc[nH]4)c3)c2c1.NC(=O)c1ccc2[nH]nc(-c3cccc(CNc4ccccc4)c3)c2c1.O=C1CNC(=O)N1c1ccc2[nH]nc(-c3ccc(F)cc3)c2c1. The molecule has 15 aromatic rings. The number of rotatable bonds is 13.